The van der Waals surface area contributed by atoms with Gasteiger partial charge < -0.3 is 14.8 Å². The molecule has 2 aliphatic heterocycles. The molecule has 10 heteroatoms. The Balaban J connectivity index is 1.19. The fourth-order valence-corrected chi connectivity index (χ4v) is 5.45. The number of aromatic amines is 1. The number of morpholine rings is 1. The molecule has 3 aliphatic rings. The van der Waals surface area contributed by atoms with Crippen molar-refractivity contribution in [1.29, 1.82) is 0 Å². The summed E-state index contributed by atoms with van der Waals surface area (Å²) >= 11 is 0. The molecule has 0 radical (unpaired) electrons. The van der Waals surface area contributed by atoms with Crippen molar-refractivity contribution in [3.05, 3.63) is 53.1 Å². The number of amides is 2. The molecule has 0 bridgehead atoms. The van der Waals surface area contributed by atoms with Gasteiger partial charge in [0.25, 0.3) is 0 Å². The first-order chi connectivity index (χ1) is 18.6. The number of nitrogens with zero attached hydrogens (tertiary/aromatic N) is 3. The molecule has 0 atom stereocenters. The van der Waals surface area contributed by atoms with E-state index in [1.165, 1.54) is 12.8 Å². The molecule has 10 nitrogen and oxygen atoms in total. The van der Waals surface area contributed by atoms with E-state index in [4.69, 9.17) is 9.47 Å². The molecule has 2 saturated heterocycles. The van der Waals surface area contributed by atoms with Crippen molar-refractivity contribution in [2.45, 2.75) is 19.8 Å². The molecule has 38 heavy (non-hydrogen) atoms. The van der Waals surface area contributed by atoms with Gasteiger partial charge in [0.05, 0.1) is 35.7 Å². The van der Waals surface area contributed by atoms with Gasteiger partial charge in [-0.2, -0.15) is 5.10 Å². The Morgan fingerprint density at radius 3 is 2.68 bits per heavy atom. The monoisotopic (exact) mass is 516 g/mol. The molecular weight excluding hydrogens is 484 g/mol. The molecule has 2 aromatic carbocycles. The highest BCUT2D eigenvalue weighted by atomic mass is 16.5. The number of hydrazine groups is 1. The lowest BCUT2D eigenvalue weighted by molar-refractivity contribution is 0.0207. The van der Waals surface area contributed by atoms with E-state index in [0.717, 1.165) is 36.5 Å². The first-order valence-electron chi connectivity index (χ1n) is 13.2. The fourth-order valence-electron chi connectivity index (χ4n) is 5.45. The van der Waals surface area contributed by atoms with Crippen LogP contribution in [-0.2, 0) is 4.74 Å². The normalized spacial score (nSPS) is 17.3. The van der Waals surface area contributed by atoms with Crippen LogP contribution in [0.25, 0.3) is 22.5 Å². The van der Waals surface area contributed by atoms with Gasteiger partial charge in [0.1, 0.15) is 18.1 Å². The smallest absolute Gasteiger partial charge is 0.333 e. The van der Waals surface area contributed by atoms with E-state index in [1.807, 2.05) is 37.3 Å². The van der Waals surface area contributed by atoms with Crippen LogP contribution >= 0.6 is 0 Å². The molecule has 2 fully saturated rings. The maximum Gasteiger partial charge on any atom is 0.333 e. The molecule has 3 aromatic rings. The van der Waals surface area contributed by atoms with Crippen molar-refractivity contribution in [3.8, 4) is 28.3 Å². The number of hydrogen-bond donors (Lipinski definition) is 3. The van der Waals surface area contributed by atoms with Crippen LogP contribution in [0.15, 0.2) is 36.4 Å². The Labute approximate surface area is 221 Å². The third-order valence-electron chi connectivity index (χ3n) is 7.40. The molecule has 0 spiro atoms. The first-order valence-corrected chi connectivity index (χ1v) is 13.2. The number of aromatic nitrogens is 2. The molecule has 198 valence electrons. The second-order valence-corrected chi connectivity index (χ2v) is 9.92. The van der Waals surface area contributed by atoms with Gasteiger partial charge in [-0.05, 0) is 62.7 Å². The largest absolute Gasteiger partial charge is 0.492 e. The van der Waals surface area contributed by atoms with Gasteiger partial charge in [-0.15, -0.1) is 0 Å². The lowest BCUT2D eigenvalue weighted by Crippen LogP contribution is -2.49. The summed E-state index contributed by atoms with van der Waals surface area (Å²) in [7, 11) is 0. The van der Waals surface area contributed by atoms with Gasteiger partial charge in [0, 0.05) is 30.8 Å². The zero-order chi connectivity index (χ0) is 26.1. The summed E-state index contributed by atoms with van der Waals surface area (Å²) in [4.78, 5) is 28.8. The number of ether oxygens (including phenoxy) is 2. The van der Waals surface area contributed by atoms with Crippen molar-refractivity contribution in [2.24, 2.45) is 0 Å². The SMILES string of the molecule is Cc1cc(OCCN2CCCC2)ccc1-c1[nH]nc2c1C(=O)c1c(NC(=O)NN3CCOCC3)cccc1-2. The maximum atomic E-state index is 13.7. The molecule has 6 rings (SSSR count). The average Bonchev–Trinajstić information content (AvgIpc) is 3.64. The summed E-state index contributed by atoms with van der Waals surface area (Å²) < 4.78 is 11.3. The zero-order valence-corrected chi connectivity index (χ0v) is 21.5. The minimum absolute atomic E-state index is 0.161. The molecule has 1 aromatic heterocycles. The Kier molecular flexibility index (Phi) is 6.84. The topological polar surface area (TPSA) is 112 Å². The second kappa shape index (κ2) is 10.6. The van der Waals surface area contributed by atoms with E-state index < -0.39 is 6.03 Å². The van der Waals surface area contributed by atoms with E-state index >= 15 is 0 Å². The highest BCUT2D eigenvalue weighted by molar-refractivity contribution is 6.27. The number of nitrogens with one attached hydrogen (secondary N) is 3. The number of hydrogen-bond acceptors (Lipinski definition) is 7. The van der Waals surface area contributed by atoms with Crippen LogP contribution < -0.4 is 15.5 Å². The van der Waals surface area contributed by atoms with Gasteiger partial charge in [0.15, 0.2) is 5.78 Å². The maximum absolute atomic E-state index is 13.7. The molecule has 0 unspecified atom stereocenters. The van der Waals surface area contributed by atoms with E-state index in [-0.39, 0.29) is 5.78 Å². The number of H-pyrrole nitrogens is 1. The minimum atomic E-state index is -0.393. The van der Waals surface area contributed by atoms with Gasteiger partial charge in [-0.1, -0.05) is 12.1 Å². The molecular formula is C28H32N6O4. The number of carbonyl (C=O) groups excluding carboxylic acids is 2. The average molecular weight is 517 g/mol. The fraction of sp³-hybridized carbons (Fsp3) is 0.393. The van der Waals surface area contributed by atoms with Crippen molar-refractivity contribution >= 4 is 17.5 Å². The van der Waals surface area contributed by atoms with Gasteiger partial charge in [0.2, 0.25) is 0 Å². The predicted octanol–water partition coefficient (Wildman–Crippen LogP) is 3.44. The van der Waals surface area contributed by atoms with Gasteiger partial charge >= 0.3 is 6.03 Å². The summed E-state index contributed by atoms with van der Waals surface area (Å²) in [6.07, 6.45) is 2.54. The van der Waals surface area contributed by atoms with Crippen molar-refractivity contribution < 1.29 is 19.1 Å². The van der Waals surface area contributed by atoms with E-state index in [0.29, 0.717) is 66.7 Å². The van der Waals surface area contributed by atoms with Crippen molar-refractivity contribution in [3.63, 3.8) is 0 Å². The van der Waals surface area contributed by atoms with Crippen LogP contribution in [0.2, 0.25) is 0 Å². The Bertz CT molecular complexity index is 1360. The van der Waals surface area contributed by atoms with E-state index in [2.05, 4.69) is 25.8 Å². The van der Waals surface area contributed by atoms with Crippen LogP contribution in [0.3, 0.4) is 0 Å². The minimum Gasteiger partial charge on any atom is -0.492 e. The third kappa shape index (κ3) is 4.78. The number of fused-ring (bicyclic) bond motifs is 3. The number of aryl methyl sites for hydroxylation is 1. The number of carbonyl (C=O) groups is 2. The standard InChI is InChI=1S/C28H32N6O4/c1-18-17-19(38-16-11-33-9-2-3-10-33)7-8-20(18)25-24-26(31-30-25)21-5-4-6-22(23(21)27(24)35)29-28(36)32-34-12-14-37-15-13-34/h4-8,17H,2-3,9-16H2,1H3,(H,30,31)(H2,29,32,36). The number of anilines is 1. The van der Waals surface area contributed by atoms with Crippen LogP contribution in [0.4, 0.5) is 10.5 Å². The van der Waals surface area contributed by atoms with Gasteiger partial charge in [-0.3, -0.25) is 20.2 Å². The number of likely N-dealkylation sites (tertiary alicyclic amines) is 1. The Morgan fingerprint density at radius 2 is 1.89 bits per heavy atom. The summed E-state index contributed by atoms with van der Waals surface area (Å²) in [6, 6.07) is 10.9. The highest BCUT2D eigenvalue weighted by Crippen LogP contribution is 2.43. The van der Waals surface area contributed by atoms with Gasteiger partial charge in [-0.25, -0.2) is 9.80 Å². The van der Waals surface area contributed by atoms with E-state index in [9.17, 15) is 9.59 Å². The zero-order valence-electron chi connectivity index (χ0n) is 21.5. The van der Waals surface area contributed by atoms with Crippen molar-refractivity contribution in [2.75, 3.05) is 57.9 Å². The summed E-state index contributed by atoms with van der Waals surface area (Å²) in [5.41, 5.74) is 8.12. The molecule has 2 amide bonds. The number of ketones is 1. The van der Waals surface area contributed by atoms with Crippen LogP contribution in [0, 0.1) is 6.92 Å². The Morgan fingerprint density at radius 1 is 1.08 bits per heavy atom. The summed E-state index contributed by atoms with van der Waals surface area (Å²) in [6.45, 7) is 8.24. The highest BCUT2D eigenvalue weighted by Gasteiger charge is 2.35. The number of rotatable bonds is 7. The first kappa shape index (κ1) is 24.6. The van der Waals surface area contributed by atoms with Crippen LogP contribution in [0.5, 0.6) is 5.75 Å². The lowest BCUT2D eigenvalue weighted by Gasteiger charge is -2.27. The van der Waals surface area contributed by atoms with Crippen LogP contribution in [0.1, 0.15) is 34.3 Å². The second-order valence-electron chi connectivity index (χ2n) is 9.92. The predicted molar refractivity (Wildman–Crippen MR) is 143 cm³/mol. The number of benzene rings is 2. The molecule has 1 aliphatic carbocycles. The number of urea groups is 1. The molecule has 0 saturated carbocycles. The lowest BCUT2D eigenvalue weighted by atomic mass is 10.00. The van der Waals surface area contributed by atoms with Crippen molar-refractivity contribution in [1.82, 2.24) is 25.5 Å². The summed E-state index contributed by atoms with van der Waals surface area (Å²) in [5, 5.41) is 12.2. The van der Waals surface area contributed by atoms with Crippen LogP contribution in [-0.4, -0.2) is 84.5 Å². The molecule has 3 N–H and O–H groups in total. The Hall–Kier alpha value is -3.73. The van der Waals surface area contributed by atoms with E-state index in [1.54, 1.807) is 11.1 Å². The molecule has 3 heterocycles. The summed E-state index contributed by atoms with van der Waals surface area (Å²) in [5.74, 6) is 0.653. The quantitative estimate of drug-likeness (QED) is 0.345. The third-order valence-corrected chi connectivity index (χ3v) is 7.40.